The molecule has 82 valence electrons. The number of anilines is 2. The van der Waals surface area contributed by atoms with Crippen molar-refractivity contribution in [1.29, 1.82) is 0 Å². The Morgan fingerprint density at radius 1 is 1.27 bits per heavy atom. The van der Waals surface area contributed by atoms with E-state index in [0.29, 0.717) is 5.82 Å². The molecular weight excluding hydrogens is 214 g/mol. The van der Waals surface area contributed by atoms with Crippen LogP contribution in [-0.4, -0.2) is 48.1 Å². The van der Waals surface area contributed by atoms with Crippen molar-refractivity contribution in [3.05, 3.63) is 11.3 Å². The van der Waals surface area contributed by atoms with Gasteiger partial charge in [0.15, 0.2) is 0 Å². The Balaban J connectivity index is 2.15. The highest BCUT2D eigenvalue weighted by atomic mass is 35.5. The van der Waals surface area contributed by atoms with E-state index in [-0.39, 0.29) is 5.28 Å². The number of hydrogen-bond donors (Lipinski definition) is 1. The molecule has 1 aromatic rings. The molecule has 1 aromatic heterocycles. The Morgan fingerprint density at radius 2 is 1.93 bits per heavy atom. The highest BCUT2D eigenvalue weighted by Crippen LogP contribution is 2.17. The van der Waals surface area contributed by atoms with Crippen molar-refractivity contribution in [2.24, 2.45) is 0 Å². The number of halogens is 1. The standard InChI is InChI=1S/C9H14ClN5/c1-14-2-4-15(5-3-14)8-6-7(11)12-9(10)13-8/h6H,2-5H2,1H3,(H2,11,12,13). The summed E-state index contributed by atoms with van der Waals surface area (Å²) < 4.78 is 0. The maximum atomic E-state index is 5.76. The Kier molecular flexibility index (Phi) is 2.93. The number of nitrogen functional groups attached to an aromatic ring is 1. The van der Waals surface area contributed by atoms with Gasteiger partial charge in [0.1, 0.15) is 11.6 Å². The van der Waals surface area contributed by atoms with Gasteiger partial charge in [0.25, 0.3) is 0 Å². The second-order valence-corrected chi connectivity index (χ2v) is 4.05. The first-order chi connectivity index (χ1) is 7.15. The van der Waals surface area contributed by atoms with Crippen molar-refractivity contribution in [2.45, 2.75) is 0 Å². The smallest absolute Gasteiger partial charge is 0.226 e. The molecule has 0 atom stereocenters. The van der Waals surface area contributed by atoms with Crippen molar-refractivity contribution in [1.82, 2.24) is 14.9 Å². The lowest BCUT2D eigenvalue weighted by Crippen LogP contribution is -2.44. The Bertz CT molecular complexity index is 328. The summed E-state index contributed by atoms with van der Waals surface area (Å²) in [6, 6.07) is 1.76. The first kappa shape index (κ1) is 10.4. The lowest BCUT2D eigenvalue weighted by atomic mass is 10.3. The normalized spacial score (nSPS) is 18.1. The van der Waals surface area contributed by atoms with Gasteiger partial charge < -0.3 is 15.5 Å². The highest BCUT2D eigenvalue weighted by molar-refractivity contribution is 6.28. The Labute approximate surface area is 93.9 Å². The number of nitrogens with two attached hydrogens (primary N) is 1. The van der Waals surface area contributed by atoms with E-state index in [4.69, 9.17) is 17.3 Å². The number of rotatable bonds is 1. The molecule has 6 heteroatoms. The van der Waals surface area contributed by atoms with E-state index in [1.165, 1.54) is 0 Å². The molecule has 1 fully saturated rings. The minimum atomic E-state index is 0.212. The molecule has 5 nitrogen and oxygen atoms in total. The lowest BCUT2D eigenvalue weighted by Gasteiger charge is -2.33. The van der Waals surface area contributed by atoms with Crippen LogP contribution in [0.25, 0.3) is 0 Å². The minimum absolute atomic E-state index is 0.212. The monoisotopic (exact) mass is 227 g/mol. The fraction of sp³-hybridized carbons (Fsp3) is 0.556. The fourth-order valence-corrected chi connectivity index (χ4v) is 1.80. The molecule has 0 aliphatic carbocycles. The maximum Gasteiger partial charge on any atom is 0.226 e. The fourth-order valence-electron chi connectivity index (χ4n) is 1.62. The second-order valence-electron chi connectivity index (χ2n) is 3.71. The van der Waals surface area contributed by atoms with E-state index in [1.807, 2.05) is 0 Å². The van der Waals surface area contributed by atoms with Crippen LogP contribution in [0.15, 0.2) is 6.07 Å². The molecule has 0 amide bonds. The van der Waals surface area contributed by atoms with Gasteiger partial charge in [-0.05, 0) is 18.6 Å². The predicted molar refractivity (Wildman–Crippen MR) is 61.2 cm³/mol. The van der Waals surface area contributed by atoms with Crippen LogP contribution in [0.5, 0.6) is 0 Å². The average Bonchev–Trinajstić information content (AvgIpc) is 2.17. The molecule has 2 N–H and O–H groups in total. The molecule has 15 heavy (non-hydrogen) atoms. The Hall–Kier alpha value is -1.07. The highest BCUT2D eigenvalue weighted by Gasteiger charge is 2.16. The summed E-state index contributed by atoms with van der Waals surface area (Å²) in [4.78, 5) is 12.5. The van der Waals surface area contributed by atoms with E-state index in [1.54, 1.807) is 6.07 Å². The van der Waals surface area contributed by atoms with Crippen LogP contribution < -0.4 is 10.6 Å². The number of nitrogens with zero attached hydrogens (tertiary/aromatic N) is 4. The molecule has 0 saturated carbocycles. The number of likely N-dealkylation sites (N-methyl/N-ethyl adjacent to an activating group) is 1. The van der Waals surface area contributed by atoms with Gasteiger partial charge in [0, 0.05) is 32.2 Å². The van der Waals surface area contributed by atoms with Crippen molar-refractivity contribution in [3.8, 4) is 0 Å². The van der Waals surface area contributed by atoms with Gasteiger partial charge in [0.05, 0.1) is 0 Å². The van der Waals surface area contributed by atoms with Crippen LogP contribution in [0.2, 0.25) is 5.28 Å². The Morgan fingerprint density at radius 3 is 2.53 bits per heavy atom. The topological polar surface area (TPSA) is 58.3 Å². The third-order valence-corrected chi connectivity index (χ3v) is 2.70. The molecule has 2 heterocycles. The molecule has 0 unspecified atom stereocenters. The van der Waals surface area contributed by atoms with Crippen molar-refractivity contribution < 1.29 is 0 Å². The summed E-state index contributed by atoms with van der Waals surface area (Å²) in [5.74, 6) is 1.24. The van der Waals surface area contributed by atoms with Crippen LogP contribution in [0.4, 0.5) is 11.6 Å². The second kappa shape index (κ2) is 4.20. The number of aromatic nitrogens is 2. The average molecular weight is 228 g/mol. The predicted octanol–water partition coefficient (Wildman–Crippen LogP) is 0.464. The van der Waals surface area contributed by atoms with Gasteiger partial charge in [-0.3, -0.25) is 0 Å². The SMILES string of the molecule is CN1CCN(c2cc(N)nc(Cl)n2)CC1. The van der Waals surface area contributed by atoms with Gasteiger partial charge >= 0.3 is 0 Å². The zero-order chi connectivity index (χ0) is 10.8. The van der Waals surface area contributed by atoms with E-state index in [9.17, 15) is 0 Å². The van der Waals surface area contributed by atoms with Crippen LogP contribution in [-0.2, 0) is 0 Å². The molecule has 0 radical (unpaired) electrons. The lowest BCUT2D eigenvalue weighted by molar-refractivity contribution is 0.312. The first-order valence-corrected chi connectivity index (χ1v) is 5.26. The van der Waals surface area contributed by atoms with Crippen LogP contribution in [0.3, 0.4) is 0 Å². The third-order valence-electron chi connectivity index (χ3n) is 2.53. The maximum absolute atomic E-state index is 5.76. The van der Waals surface area contributed by atoms with Crippen LogP contribution >= 0.6 is 11.6 Å². The molecule has 1 saturated heterocycles. The van der Waals surface area contributed by atoms with Gasteiger partial charge in [0.2, 0.25) is 5.28 Å². The summed E-state index contributed by atoms with van der Waals surface area (Å²) in [5.41, 5.74) is 5.62. The summed E-state index contributed by atoms with van der Waals surface area (Å²) in [7, 11) is 2.11. The van der Waals surface area contributed by atoms with Gasteiger partial charge in [-0.15, -0.1) is 0 Å². The number of piperazine rings is 1. The minimum Gasteiger partial charge on any atom is -0.383 e. The quantitative estimate of drug-likeness (QED) is 0.707. The zero-order valence-corrected chi connectivity index (χ0v) is 9.41. The number of hydrogen-bond acceptors (Lipinski definition) is 5. The van der Waals surface area contributed by atoms with Crippen molar-refractivity contribution >= 4 is 23.2 Å². The molecule has 0 bridgehead atoms. The molecule has 0 spiro atoms. The molecule has 2 rings (SSSR count). The van der Waals surface area contributed by atoms with Gasteiger partial charge in [-0.1, -0.05) is 0 Å². The summed E-state index contributed by atoms with van der Waals surface area (Å²) in [6.45, 7) is 3.95. The van der Waals surface area contributed by atoms with Crippen molar-refractivity contribution in [2.75, 3.05) is 43.9 Å². The third kappa shape index (κ3) is 2.49. The summed E-state index contributed by atoms with van der Waals surface area (Å²) >= 11 is 5.76. The molecule has 1 aliphatic rings. The van der Waals surface area contributed by atoms with Crippen molar-refractivity contribution in [3.63, 3.8) is 0 Å². The molecule has 1 aliphatic heterocycles. The van der Waals surface area contributed by atoms with E-state index in [0.717, 1.165) is 32.0 Å². The van der Waals surface area contributed by atoms with Gasteiger partial charge in [-0.2, -0.15) is 0 Å². The van der Waals surface area contributed by atoms with Gasteiger partial charge in [-0.25, -0.2) is 9.97 Å². The van der Waals surface area contributed by atoms with Crippen LogP contribution in [0.1, 0.15) is 0 Å². The zero-order valence-electron chi connectivity index (χ0n) is 8.65. The molecule has 0 aromatic carbocycles. The summed E-state index contributed by atoms with van der Waals surface area (Å²) in [5, 5.41) is 0.212. The summed E-state index contributed by atoms with van der Waals surface area (Å²) in [6.07, 6.45) is 0. The van der Waals surface area contributed by atoms with E-state index < -0.39 is 0 Å². The van der Waals surface area contributed by atoms with E-state index >= 15 is 0 Å². The molecular formula is C9H14ClN5. The largest absolute Gasteiger partial charge is 0.383 e. The van der Waals surface area contributed by atoms with E-state index in [2.05, 4.69) is 26.8 Å². The van der Waals surface area contributed by atoms with Crippen LogP contribution in [0, 0.1) is 0 Å². The first-order valence-electron chi connectivity index (χ1n) is 4.89.